The number of rotatable bonds is 2. The summed E-state index contributed by atoms with van der Waals surface area (Å²) >= 11 is 5.73. The molecule has 0 radical (unpaired) electrons. The van der Waals surface area contributed by atoms with Crippen LogP contribution in [-0.4, -0.2) is 18.2 Å². The van der Waals surface area contributed by atoms with E-state index in [1.54, 1.807) is 0 Å². The molecule has 0 amide bonds. The third-order valence-corrected chi connectivity index (χ3v) is 2.77. The molecule has 14 heavy (non-hydrogen) atoms. The van der Waals surface area contributed by atoms with Gasteiger partial charge in [-0.15, -0.1) is 0 Å². The van der Waals surface area contributed by atoms with E-state index < -0.39 is 11.9 Å². The molecule has 1 fully saturated rings. The molecule has 0 aliphatic carbocycles. The highest BCUT2D eigenvalue weighted by Crippen LogP contribution is 2.28. The molecule has 0 saturated carbocycles. The van der Waals surface area contributed by atoms with Gasteiger partial charge in [0.1, 0.15) is 5.82 Å². The second kappa shape index (κ2) is 3.85. The van der Waals surface area contributed by atoms with Crippen LogP contribution in [0.5, 0.6) is 0 Å². The maximum atomic E-state index is 13.3. The molecule has 1 heterocycles. The lowest BCUT2D eigenvalue weighted by atomic mass is 9.91. The lowest BCUT2D eigenvalue weighted by Gasteiger charge is -2.31. The van der Waals surface area contributed by atoms with Crippen molar-refractivity contribution in [2.45, 2.75) is 6.10 Å². The lowest BCUT2D eigenvalue weighted by Crippen LogP contribution is -2.45. The van der Waals surface area contributed by atoms with Crippen molar-refractivity contribution >= 4 is 11.6 Å². The molecule has 2 N–H and O–H groups in total. The smallest absolute Gasteiger partial charge is 0.129 e. The van der Waals surface area contributed by atoms with Crippen LogP contribution in [0.25, 0.3) is 0 Å². The molecule has 0 spiro atoms. The first-order chi connectivity index (χ1) is 6.68. The van der Waals surface area contributed by atoms with Gasteiger partial charge in [-0.2, -0.15) is 0 Å². The molecule has 0 aromatic heterocycles. The van der Waals surface area contributed by atoms with E-state index in [4.69, 9.17) is 11.6 Å². The SMILES string of the molecule is OC(c1cc(Cl)ccc1F)C1CNC1. The first kappa shape index (κ1) is 9.90. The predicted octanol–water partition coefficient (Wildman–Crippen LogP) is 1.73. The van der Waals surface area contributed by atoms with Gasteiger partial charge < -0.3 is 10.4 Å². The first-order valence-corrected chi connectivity index (χ1v) is 4.90. The average Bonchev–Trinajstić information content (AvgIpc) is 2.06. The van der Waals surface area contributed by atoms with Gasteiger partial charge in [0.25, 0.3) is 0 Å². The normalized spacial score (nSPS) is 19.1. The molecule has 2 nitrogen and oxygen atoms in total. The molecule has 1 aromatic rings. The van der Waals surface area contributed by atoms with Crippen LogP contribution in [0.2, 0.25) is 5.02 Å². The standard InChI is InChI=1S/C10H11ClFNO/c11-7-1-2-9(12)8(3-7)10(14)6-4-13-5-6/h1-3,6,10,13-14H,4-5H2. The zero-order chi connectivity index (χ0) is 10.1. The summed E-state index contributed by atoms with van der Waals surface area (Å²) in [6.45, 7) is 1.46. The van der Waals surface area contributed by atoms with Gasteiger partial charge >= 0.3 is 0 Å². The van der Waals surface area contributed by atoms with E-state index in [2.05, 4.69) is 5.32 Å². The van der Waals surface area contributed by atoms with Crippen molar-refractivity contribution in [3.63, 3.8) is 0 Å². The molecule has 1 saturated heterocycles. The quantitative estimate of drug-likeness (QED) is 0.788. The third kappa shape index (κ3) is 1.75. The van der Waals surface area contributed by atoms with Gasteiger partial charge in [-0.05, 0) is 18.2 Å². The van der Waals surface area contributed by atoms with Crippen LogP contribution < -0.4 is 5.32 Å². The predicted molar refractivity (Wildman–Crippen MR) is 52.7 cm³/mol. The van der Waals surface area contributed by atoms with Crippen molar-refractivity contribution in [3.8, 4) is 0 Å². The molecule has 4 heteroatoms. The minimum Gasteiger partial charge on any atom is -0.388 e. The molecule has 1 aliphatic rings. The van der Waals surface area contributed by atoms with Crippen LogP contribution in [0.4, 0.5) is 4.39 Å². The van der Waals surface area contributed by atoms with Crippen molar-refractivity contribution in [1.82, 2.24) is 5.32 Å². The molecule has 1 atom stereocenters. The van der Waals surface area contributed by atoms with Crippen molar-refractivity contribution in [2.75, 3.05) is 13.1 Å². The molecular weight excluding hydrogens is 205 g/mol. The first-order valence-electron chi connectivity index (χ1n) is 4.52. The molecular formula is C10H11ClFNO. The van der Waals surface area contributed by atoms with E-state index in [0.717, 1.165) is 13.1 Å². The Balaban J connectivity index is 2.24. The highest BCUT2D eigenvalue weighted by atomic mass is 35.5. The maximum absolute atomic E-state index is 13.3. The molecule has 76 valence electrons. The Hall–Kier alpha value is -0.640. The van der Waals surface area contributed by atoms with Gasteiger partial charge in [0.05, 0.1) is 6.10 Å². The number of benzene rings is 1. The number of aliphatic hydroxyl groups is 1. The van der Waals surface area contributed by atoms with Crippen LogP contribution in [0.3, 0.4) is 0 Å². The third-order valence-electron chi connectivity index (χ3n) is 2.54. The molecule has 1 unspecified atom stereocenters. The van der Waals surface area contributed by atoms with E-state index in [0.29, 0.717) is 10.6 Å². The van der Waals surface area contributed by atoms with E-state index in [-0.39, 0.29) is 5.92 Å². The Labute approximate surface area is 86.7 Å². The summed E-state index contributed by atoms with van der Waals surface area (Å²) in [5.74, 6) is -0.295. The summed E-state index contributed by atoms with van der Waals surface area (Å²) in [7, 11) is 0. The van der Waals surface area contributed by atoms with E-state index in [1.165, 1.54) is 18.2 Å². The second-order valence-corrected chi connectivity index (χ2v) is 3.97. The average molecular weight is 216 g/mol. The Morgan fingerprint density at radius 2 is 2.21 bits per heavy atom. The van der Waals surface area contributed by atoms with Crippen molar-refractivity contribution in [2.24, 2.45) is 5.92 Å². The number of halogens is 2. The van der Waals surface area contributed by atoms with E-state index in [9.17, 15) is 9.50 Å². The van der Waals surface area contributed by atoms with Crippen LogP contribution >= 0.6 is 11.6 Å². The maximum Gasteiger partial charge on any atom is 0.129 e. The van der Waals surface area contributed by atoms with Crippen molar-refractivity contribution in [3.05, 3.63) is 34.6 Å². The fraction of sp³-hybridized carbons (Fsp3) is 0.400. The Kier molecular flexibility index (Phi) is 2.72. The zero-order valence-electron chi connectivity index (χ0n) is 7.50. The Morgan fingerprint density at radius 1 is 1.50 bits per heavy atom. The Morgan fingerprint density at radius 3 is 2.79 bits per heavy atom. The number of nitrogens with one attached hydrogen (secondary N) is 1. The van der Waals surface area contributed by atoms with Crippen LogP contribution in [0.1, 0.15) is 11.7 Å². The minimum absolute atomic E-state index is 0.1000. The van der Waals surface area contributed by atoms with Gasteiger partial charge in [0.15, 0.2) is 0 Å². The Bertz CT molecular complexity index is 341. The zero-order valence-corrected chi connectivity index (χ0v) is 8.26. The highest BCUT2D eigenvalue weighted by molar-refractivity contribution is 6.30. The van der Waals surface area contributed by atoms with Crippen molar-refractivity contribution in [1.29, 1.82) is 0 Å². The number of hydrogen-bond donors (Lipinski definition) is 2. The fourth-order valence-corrected chi connectivity index (χ4v) is 1.71. The molecule has 2 rings (SSSR count). The summed E-state index contributed by atoms with van der Waals surface area (Å²) in [6.07, 6.45) is -0.755. The van der Waals surface area contributed by atoms with Crippen LogP contribution in [0.15, 0.2) is 18.2 Å². The number of aliphatic hydroxyl groups excluding tert-OH is 1. The van der Waals surface area contributed by atoms with E-state index >= 15 is 0 Å². The van der Waals surface area contributed by atoms with Gasteiger partial charge in [-0.3, -0.25) is 0 Å². The lowest BCUT2D eigenvalue weighted by molar-refractivity contribution is 0.0736. The molecule has 1 aliphatic heterocycles. The summed E-state index contributed by atoms with van der Waals surface area (Å²) in [5, 5.41) is 13.3. The highest BCUT2D eigenvalue weighted by Gasteiger charge is 2.28. The van der Waals surface area contributed by atoms with Gasteiger partial charge in [-0.25, -0.2) is 4.39 Å². The van der Waals surface area contributed by atoms with Crippen LogP contribution in [-0.2, 0) is 0 Å². The van der Waals surface area contributed by atoms with E-state index in [1.807, 2.05) is 0 Å². The van der Waals surface area contributed by atoms with Crippen molar-refractivity contribution < 1.29 is 9.50 Å². The number of hydrogen-bond acceptors (Lipinski definition) is 2. The van der Waals surface area contributed by atoms with Gasteiger partial charge in [0, 0.05) is 29.6 Å². The second-order valence-electron chi connectivity index (χ2n) is 3.53. The molecule has 0 bridgehead atoms. The topological polar surface area (TPSA) is 32.3 Å². The summed E-state index contributed by atoms with van der Waals surface area (Å²) in [6, 6.07) is 4.25. The fourth-order valence-electron chi connectivity index (χ4n) is 1.53. The summed E-state index contributed by atoms with van der Waals surface area (Å²) < 4.78 is 13.3. The minimum atomic E-state index is -0.755. The van der Waals surface area contributed by atoms with Gasteiger partial charge in [0.2, 0.25) is 0 Å². The largest absolute Gasteiger partial charge is 0.388 e. The van der Waals surface area contributed by atoms with Crippen LogP contribution in [0, 0.1) is 11.7 Å². The monoisotopic (exact) mass is 215 g/mol. The molecule has 1 aromatic carbocycles. The summed E-state index contributed by atoms with van der Waals surface area (Å²) in [4.78, 5) is 0. The summed E-state index contributed by atoms with van der Waals surface area (Å²) in [5.41, 5.74) is 0.295. The van der Waals surface area contributed by atoms with Gasteiger partial charge in [-0.1, -0.05) is 11.6 Å².